The summed E-state index contributed by atoms with van der Waals surface area (Å²) in [6, 6.07) is 8.80. The van der Waals surface area contributed by atoms with Gasteiger partial charge in [-0.2, -0.15) is 0 Å². The number of benzene rings is 2. The van der Waals surface area contributed by atoms with E-state index < -0.39 is 10.9 Å². The molecule has 0 saturated heterocycles. The average Bonchev–Trinajstić information content (AvgIpc) is 2.61. The molecule has 0 radical (unpaired) electrons. The first kappa shape index (κ1) is 20.4. The zero-order valence-corrected chi connectivity index (χ0v) is 16.6. The topological polar surface area (TPSA) is 87.9 Å². The van der Waals surface area contributed by atoms with E-state index >= 15 is 0 Å². The standard InChI is InChI=1S/C19H18BrNO6/c1-12-5-4-6-13(2)18(12)26-11-17(22)27-19-15(20)9-14(7-8-21(23)24)10-16(19)25-3/h4-10H,11H2,1-3H3/b8-7+. The van der Waals surface area contributed by atoms with Crippen molar-refractivity contribution in [3.8, 4) is 17.2 Å². The second kappa shape index (κ2) is 9.18. The molecule has 0 aromatic heterocycles. The number of para-hydroxylation sites is 1. The molecular weight excluding hydrogens is 418 g/mol. The van der Waals surface area contributed by atoms with Gasteiger partial charge in [0, 0.05) is 6.08 Å². The number of nitro groups is 1. The smallest absolute Gasteiger partial charge is 0.349 e. The van der Waals surface area contributed by atoms with Crippen molar-refractivity contribution in [3.05, 3.63) is 67.8 Å². The molecule has 0 bridgehead atoms. The van der Waals surface area contributed by atoms with Gasteiger partial charge < -0.3 is 14.2 Å². The molecule has 0 fully saturated rings. The van der Waals surface area contributed by atoms with E-state index in [0.717, 1.165) is 17.3 Å². The third-order valence-corrected chi connectivity index (χ3v) is 4.19. The fourth-order valence-corrected chi connectivity index (χ4v) is 2.92. The third-order valence-electron chi connectivity index (χ3n) is 3.60. The Morgan fingerprint density at radius 1 is 1.22 bits per heavy atom. The Balaban J connectivity index is 2.14. The molecule has 27 heavy (non-hydrogen) atoms. The minimum Gasteiger partial charge on any atom is -0.493 e. The SMILES string of the molecule is COc1cc(/C=C/[N+](=O)[O-])cc(Br)c1OC(=O)COc1c(C)cccc1C. The van der Waals surface area contributed by atoms with E-state index in [9.17, 15) is 14.9 Å². The highest BCUT2D eigenvalue weighted by Gasteiger charge is 2.16. The van der Waals surface area contributed by atoms with Crippen molar-refractivity contribution in [2.45, 2.75) is 13.8 Å². The molecule has 0 aliphatic carbocycles. The van der Waals surface area contributed by atoms with Crippen LogP contribution in [0.5, 0.6) is 17.2 Å². The van der Waals surface area contributed by atoms with E-state index in [1.54, 1.807) is 6.07 Å². The van der Waals surface area contributed by atoms with Gasteiger partial charge in [0.2, 0.25) is 6.20 Å². The quantitative estimate of drug-likeness (QED) is 0.278. The molecular formula is C19H18BrNO6. The molecule has 142 valence electrons. The van der Waals surface area contributed by atoms with Crippen molar-refractivity contribution in [2.75, 3.05) is 13.7 Å². The largest absolute Gasteiger partial charge is 0.493 e. The second-order valence-corrected chi connectivity index (χ2v) is 6.47. The number of hydrogen-bond donors (Lipinski definition) is 0. The Labute approximate surface area is 164 Å². The van der Waals surface area contributed by atoms with Crippen LogP contribution in [0.1, 0.15) is 16.7 Å². The van der Waals surface area contributed by atoms with Crippen LogP contribution >= 0.6 is 15.9 Å². The molecule has 0 saturated carbocycles. The number of rotatable bonds is 7. The van der Waals surface area contributed by atoms with Gasteiger partial charge in [-0.05, 0) is 58.6 Å². The minimum atomic E-state index is -0.606. The second-order valence-electron chi connectivity index (χ2n) is 5.62. The van der Waals surface area contributed by atoms with Crippen molar-refractivity contribution in [1.82, 2.24) is 0 Å². The summed E-state index contributed by atoms with van der Waals surface area (Å²) in [6.45, 7) is 3.51. The number of esters is 1. The molecule has 2 aromatic rings. The molecule has 0 heterocycles. The lowest BCUT2D eigenvalue weighted by atomic mass is 10.1. The first-order valence-electron chi connectivity index (χ1n) is 7.90. The fraction of sp³-hybridized carbons (Fsp3) is 0.211. The predicted molar refractivity (Wildman–Crippen MR) is 104 cm³/mol. The summed E-state index contributed by atoms with van der Waals surface area (Å²) in [4.78, 5) is 22.1. The number of halogens is 1. The van der Waals surface area contributed by atoms with E-state index in [2.05, 4.69) is 15.9 Å². The minimum absolute atomic E-state index is 0.172. The van der Waals surface area contributed by atoms with Gasteiger partial charge in [0.05, 0.1) is 16.5 Å². The van der Waals surface area contributed by atoms with Gasteiger partial charge in [-0.15, -0.1) is 0 Å². The summed E-state index contributed by atoms with van der Waals surface area (Å²) in [5.74, 6) is 0.463. The van der Waals surface area contributed by atoms with Crippen LogP contribution in [0.2, 0.25) is 0 Å². The van der Waals surface area contributed by atoms with E-state index in [4.69, 9.17) is 14.2 Å². The van der Waals surface area contributed by atoms with Gasteiger partial charge in [-0.25, -0.2) is 4.79 Å². The number of carbonyl (C=O) groups excluding carboxylic acids is 1. The fourth-order valence-electron chi connectivity index (χ4n) is 2.38. The molecule has 0 spiro atoms. The molecule has 8 heteroatoms. The van der Waals surface area contributed by atoms with Crippen LogP contribution in [-0.4, -0.2) is 24.6 Å². The van der Waals surface area contributed by atoms with Crippen LogP contribution in [0.15, 0.2) is 41.0 Å². The normalized spacial score (nSPS) is 10.7. The summed E-state index contributed by atoms with van der Waals surface area (Å²) >= 11 is 3.29. The monoisotopic (exact) mass is 435 g/mol. The Bertz CT molecular complexity index is 874. The highest BCUT2D eigenvalue weighted by atomic mass is 79.9. The van der Waals surface area contributed by atoms with Gasteiger partial charge in [-0.3, -0.25) is 10.1 Å². The van der Waals surface area contributed by atoms with Crippen molar-refractivity contribution in [3.63, 3.8) is 0 Å². The summed E-state index contributed by atoms with van der Waals surface area (Å²) in [6.07, 6.45) is 2.12. The molecule has 0 N–H and O–H groups in total. The lowest BCUT2D eigenvalue weighted by Gasteiger charge is -2.14. The van der Waals surface area contributed by atoms with Crippen LogP contribution in [0.3, 0.4) is 0 Å². The van der Waals surface area contributed by atoms with Gasteiger partial charge >= 0.3 is 5.97 Å². The molecule has 0 unspecified atom stereocenters. The maximum absolute atomic E-state index is 12.2. The molecule has 0 aliphatic heterocycles. The summed E-state index contributed by atoms with van der Waals surface area (Å²) in [5.41, 5.74) is 2.36. The third kappa shape index (κ3) is 5.55. The van der Waals surface area contributed by atoms with Crippen LogP contribution in [-0.2, 0) is 4.79 Å². The predicted octanol–water partition coefficient (Wildman–Crippen LogP) is 4.31. The maximum atomic E-state index is 12.2. The zero-order valence-electron chi connectivity index (χ0n) is 15.0. The van der Waals surface area contributed by atoms with Crippen molar-refractivity contribution < 1.29 is 23.9 Å². The average molecular weight is 436 g/mol. The van der Waals surface area contributed by atoms with Crippen LogP contribution < -0.4 is 14.2 Å². The Hall–Kier alpha value is -2.87. The number of aryl methyl sites for hydroxylation is 2. The van der Waals surface area contributed by atoms with Crippen molar-refractivity contribution >= 4 is 28.0 Å². The summed E-state index contributed by atoms with van der Waals surface area (Å²) < 4.78 is 16.6. The first-order valence-corrected chi connectivity index (χ1v) is 8.70. The lowest BCUT2D eigenvalue weighted by molar-refractivity contribution is -0.400. The van der Waals surface area contributed by atoms with Crippen LogP contribution in [0, 0.1) is 24.0 Å². The summed E-state index contributed by atoms with van der Waals surface area (Å²) in [7, 11) is 1.41. The van der Waals surface area contributed by atoms with E-state index in [-0.39, 0.29) is 18.1 Å². The number of methoxy groups -OCH3 is 1. The molecule has 0 aliphatic rings. The molecule has 7 nitrogen and oxygen atoms in total. The Morgan fingerprint density at radius 3 is 2.48 bits per heavy atom. The number of ether oxygens (including phenoxy) is 3. The lowest BCUT2D eigenvalue weighted by Crippen LogP contribution is -2.19. The maximum Gasteiger partial charge on any atom is 0.349 e. The van der Waals surface area contributed by atoms with Crippen molar-refractivity contribution in [1.29, 1.82) is 0 Å². The van der Waals surface area contributed by atoms with Crippen LogP contribution in [0.4, 0.5) is 0 Å². The number of carbonyl (C=O) groups is 1. The van der Waals surface area contributed by atoms with E-state index in [1.165, 1.54) is 19.3 Å². The van der Waals surface area contributed by atoms with E-state index in [0.29, 0.717) is 15.8 Å². The van der Waals surface area contributed by atoms with Gasteiger partial charge in [0.1, 0.15) is 5.75 Å². The molecule has 0 atom stereocenters. The highest BCUT2D eigenvalue weighted by Crippen LogP contribution is 2.37. The summed E-state index contributed by atoms with van der Waals surface area (Å²) in [5, 5.41) is 10.5. The number of nitrogens with zero attached hydrogens (tertiary/aromatic N) is 1. The van der Waals surface area contributed by atoms with E-state index in [1.807, 2.05) is 32.0 Å². The highest BCUT2D eigenvalue weighted by molar-refractivity contribution is 9.10. The Kier molecular flexibility index (Phi) is 6.95. The first-order chi connectivity index (χ1) is 12.8. The van der Waals surface area contributed by atoms with Gasteiger partial charge in [0.25, 0.3) is 0 Å². The number of hydrogen-bond acceptors (Lipinski definition) is 6. The zero-order chi connectivity index (χ0) is 20.0. The van der Waals surface area contributed by atoms with Crippen LogP contribution in [0.25, 0.3) is 6.08 Å². The Morgan fingerprint density at radius 2 is 1.89 bits per heavy atom. The molecule has 2 aromatic carbocycles. The van der Waals surface area contributed by atoms with Gasteiger partial charge in [0.15, 0.2) is 18.1 Å². The molecule has 0 amide bonds. The van der Waals surface area contributed by atoms with Crippen molar-refractivity contribution in [2.24, 2.45) is 0 Å². The molecule has 2 rings (SSSR count). The van der Waals surface area contributed by atoms with Gasteiger partial charge in [-0.1, -0.05) is 18.2 Å².